The van der Waals surface area contributed by atoms with E-state index in [1.807, 2.05) is 0 Å². The predicted octanol–water partition coefficient (Wildman–Crippen LogP) is 1.52. The topological polar surface area (TPSA) is 44.1 Å². The van der Waals surface area contributed by atoms with Crippen molar-refractivity contribution in [2.45, 2.75) is 0 Å². The van der Waals surface area contributed by atoms with Gasteiger partial charge in [0.05, 0.1) is 16.4 Å². The highest BCUT2D eigenvalue weighted by Gasteiger charge is 2.11. The minimum atomic E-state index is -0.272. The van der Waals surface area contributed by atoms with Crippen LogP contribution in [0.25, 0.3) is 6.08 Å². The predicted molar refractivity (Wildman–Crippen MR) is 45.1 cm³/mol. The van der Waals surface area contributed by atoms with Crippen LogP contribution in [-0.2, 0) is 4.79 Å². The molecule has 0 spiro atoms. The summed E-state index contributed by atoms with van der Waals surface area (Å²) in [5.74, 6) is -0.272. The summed E-state index contributed by atoms with van der Waals surface area (Å²) in [6.45, 7) is 0. The van der Waals surface area contributed by atoms with Crippen LogP contribution in [0.5, 0.6) is 0 Å². The highest BCUT2D eigenvalue weighted by atomic mass is 35.5. The average molecular weight is 180 g/mol. The van der Waals surface area contributed by atoms with Gasteiger partial charge in [0.1, 0.15) is 0 Å². The molecule has 1 amide bonds. The number of carbonyl (C=O) groups is 1. The first kappa shape index (κ1) is 7.31. The second-order valence-electron chi connectivity index (χ2n) is 2.34. The number of rotatable bonds is 0. The van der Waals surface area contributed by atoms with E-state index in [2.05, 4.69) is 10.3 Å². The maximum absolute atomic E-state index is 10.8. The number of hydrogen-bond donors (Lipinski definition) is 0. The first-order valence-electron chi connectivity index (χ1n) is 3.35. The Bertz CT molecular complexity index is 373. The molecular weight excluding hydrogens is 176 g/mol. The van der Waals surface area contributed by atoms with Crippen LogP contribution in [-0.4, -0.2) is 10.9 Å². The maximum Gasteiger partial charge on any atom is 0.270 e. The van der Waals surface area contributed by atoms with E-state index in [9.17, 15) is 4.79 Å². The summed E-state index contributed by atoms with van der Waals surface area (Å²) in [4.78, 5) is 14.8. The molecule has 0 unspecified atom stereocenters. The molecule has 0 bridgehead atoms. The number of hydrogen-bond acceptors (Lipinski definition) is 2. The van der Waals surface area contributed by atoms with E-state index < -0.39 is 0 Å². The molecular formula is C8H4ClN2O. The summed E-state index contributed by atoms with van der Waals surface area (Å²) in [7, 11) is 0. The van der Waals surface area contributed by atoms with E-state index in [0.717, 1.165) is 0 Å². The molecule has 1 aromatic heterocycles. The molecule has 59 valence electrons. The van der Waals surface area contributed by atoms with E-state index in [-0.39, 0.29) is 5.91 Å². The monoisotopic (exact) mass is 179 g/mol. The Labute approximate surface area is 74.1 Å². The van der Waals surface area contributed by atoms with Crippen LogP contribution in [0.2, 0.25) is 5.02 Å². The second-order valence-corrected chi connectivity index (χ2v) is 2.78. The summed E-state index contributed by atoms with van der Waals surface area (Å²) in [6, 6.07) is 1.62. The largest absolute Gasteiger partial charge is 0.270 e. The Hall–Kier alpha value is -1.35. The number of carbonyl (C=O) groups excluding carboxylic acids is 1. The minimum Gasteiger partial charge on any atom is -0.267 e. The zero-order valence-electron chi connectivity index (χ0n) is 5.99. The van der Waals surface area contributed by atoms with Crippen LogP contribution >= 0.6 is 11.6 Å². The third-order valence-corrected chi connectivity index (χ3v) is 1.69. The van der Waals surface area contributed by atoms with Gasteiger partial charge in [-0.05, 0) is 12.1 Å². The SMILES string of the molecule is O=C1C=Cc2ncc(Cl)cc2[N]1. The van der Waals surface area contributed by atoms with Crippen molar-refractivity contribution in [1.82, 2.24) is 10.3 Å². The Kier molecular flexibility index (Phi) is 1.59. The van der Waals surface area contributed by atoms with Gasteiger partial charge in [-0.1, -0.05) is 11.6 Å². The normalized spacial score (nSPS) is 13.9. The lowest BCUT2D eigenvalue weighted by atomic mass is 10.2. The fourth-order valence-electron chi connectivity index (χ4n) is 0.963. The third-order valence-electron chi connectivity index (χ3n) is 1.48. The molecule has 0 saturated carbocycles. The van der Waals surface area contributed by atoms with Gasteiger partial charge in [-0.3, -0.25) is 9.78 Å². The molecule has 12 heavy (non-hydrogen) atoms. The zero-order valence-corrected chi connectivity index (χ0v) is 6.75. The smallest absolute Gasteiger partial charge is 0.267 e. The highest BCUT2D eigenvalue weighted by Crippen LogP contribution is 2.22. The average Bonchev–Trinajstić information content (AvgIpc) is 2.03. The lowest BCUT2D eigenvalue weighted by Crippen LogP contribution is -2.11. The number of halogens is 1. The Balaban J connectivity index is 2.54. The van der Waals surface area contributed by atoms with Crippen molar-refractivity contribution in [2.24, 2.45) is 0 Å². The lowest BCUT2D eigenvalue weighted by molar-refractivity contribution is -0.115. The molecule has 0 saturated heterocycles. The molecule has 2 heterocycles. The maximum atomic E-state index is 10.8. The number of aromatic nitrogens is 1. The Morgan fingerprint density at radius 3 is 3.00 bits per heavy atom. The summed E-state index contributed by atoms with van der Waals surface area (Å²) in [5.41, 5.74) is 1.22. The molecule has 1 radical (unpaired) electrons. The lowest BCUT2D eigenvalue weighted by Gasteiger charge is -2.07. The van der Waals surface area contributed by atoms with Crippen LogP contribution in [0.1, 0.15) is 5.69 Å². The van der Waals surface area contributed by atoms with E-state index in [0.29, 0.717) is 16.4 Å². The third kappa shape index (κ3) is 1.19. The molecule has 1 aliphatic rings. The Morgan fingerprint density at radius 2 is 2.17 bits per heavy atom. The van der Waals surface area contributed by atoms with Crippen molar-refractivity contribution in [1.29, 1.82) is 0 Å². The molecule has 3 nitrogen and oxygen atoms in total. The second kappa shape index (κ2) is 2.60. The van der Waals surface area contributed by atoms with Gasteiger partial charge in [-0.15, -0.1) is 0 Å². The molecule has 1 aromatic rings. The van der Waals surface area contributed by atoms with Crippen molar-refractivity contribution in [3.8, 4) is 0 Å². The van der Waals surface area contributed by atoms with Crippen LogP contribution in [0, 0.1) is 0 Å². The van der Waals surface area contributed by atoms with Crippen molar-refractivity contribution < 1.29 is 4.79 Å². The standard InChI is InChI=1S/C8H4ClN2O/c9-5-3-7-6(10-4-5)1-2-8(12)11-7/h1-4H. The number of nitrogens with zero attached hydrogens (tertiary/aromatic N) is 2. The summed E-state index contributed by atoms with van der Waals surface area (Å²) in [6.07, 6.45) is 4.53. The first-order valence-corrected chi connectivity index (χ1v) is 3.73. The van der Waals surface area contributed by atoms with E-state index in [4.69, 9.17) is 11.6 Å². The summed E-state index contributed by atoms with van der Waals surface area (Å²) < 4.78 is 0. The molecule has 0 aliphatic carbocycles. The van der Waals surface area contributed by atoms with Crippen molar-refractivity contribution in [2.75, 3.05) is 0 Å². The fourth-order valence-corrected chi connectivity index (χ4v) is 1.12. The quantitative estimate of drug-likeness (QED) is 0.606. The van der Waals surface area contributed by atoms with Crippen LogP contribution in [0.4, 0.5) is 5.69 Å². The van der Waals surface area contributed by atoms with Gasteiger partial charge >= 0.3 is 0 Å². The zero-order chi connectivity index (χ0) is 8.55. The van der Waals surface area contributed by atoms with E-state index in [1.165, 1.54) is 12.3 Å². The van der Waals surface area contributed by atoms with E-state index >= 15 is 0 Å². The van der Waals surface area contributed by atoms with Gasteiger partial charge in [-0.25, -0.2) is 5.32 Å². The highest BCUT2D eigenvalue weighted by molar-refractivity contribution is 6.30. The fraction of sp³-hybridized carbons (Fsp3) is 0. The van der Waals surface area contributed by atoms with Gasteiger partial charge in [0, 0.05) is 12.3 Å². The van der Waals surface area contributed by atoms with Gasteiger partial charge < -0.3 is 0 Å². The van der Waals surface area contributed by atoms with Gasteiger partial charge in [0.15, 0.2) is 0 Å². The molecule has 1 aliphatic heterocycles. The van der Waals surface area contributed by atoms with E-state index in [1.54, 1.807) is 12.1 Å². The molecule has 0 fully saturated rings. The van der Waals surface area contributed by atoms with Gasteiger partial charge in [-0.2, -0.15) is 0 Å². The Morgan fingerprint density at radius 1 is 1.33 bits per heavy atom. The summed E-state index contributed by atoms with van der Waals surface area (Å²) >= 11 is 5.67. The number of amides is 1. The van der Waals surface area contributed by atoms with Gasteiger partial charge in [0.25, 0.3) is 5.91 Å². The number of pyridine rings is 1. The van der Waals surface area contributed by atoms with Crippen molar-refractivity contribution >= 4 is 29.3 Å². The van der Waals surface area contributed by atoms with Crippen molar-refractivity contribution in [3.05, 3.63) is 29.1 Å². The van der Waals surface area contributed by atoms with Gasteiger partial charge in [0.2, 0.25) is 0 Å². The van der Waals surface area contributed by atoms with Crippen molar-refractivity contribution in [3.63, 3.8) is 0 Å². The first-order chi connectivity index (χ1) is 5.75. The molecule has 2 rings (SSSR count). The summed E-state index contributed by atoms with van der Waals surface area (Å²) in [5, 5.41) is 4.22. The van der Waals surface area contributed by atoms with Crippen LogP contribution in [0.3, 0.4) is 0 Å². The molecule has 0 N–H and O–H groups in total. The minimum absolute atomic E-state index is 0.272. The number of fused-ring (bicyclic) bond motifs is 1. The van der Waals surface area contributed by atoms with Crippen LogP contribution < -0.4 is 5.32 Å². The molecule has 0 aromatic carbocycles. The van der Waals surface area contributed by atoms with Crippen LogP contribution in [0.15, 0.2) is 18.3 Å². The molecule has 4 heteroatoms. The molecule has 0 atom stereocenters.